The number of nitrogens with zero attached hydrogens (tertiary/aromatic N) is 2. The highest BCUT2D eigenvalue weighted by Gasteiger charge is 2.05. The van der Waals surface area contributed by atoms with E-state index in [4.69, 9.17) is 10.5 Å². The van der Waals surface area contributed by atoms with Crippen molar-refractivity contribution >= 4 is 11.4 Å². The molecule has 0 saturated heterocycles. The SMILES string of the molecule is COc1cc(N)cc(N(C)Cc2ccccn2)c1. The fourth-order valence-electron chi connectivity index (χ4n) is 1.77. The average molecular weight is 243 g/mol. The number of rotatable bonds is 4. The maximum atomic E-state index is 5.84. The molecule has 0 fully saturated rings. The second-order valence-electron chi connectivity index (χ2n) is 4.14. The Morgan fingerprint density at radius 1 is 1.28 bits per heavy atom. The van der Waals surface area contributed by atoms with Gasteiger partial charge in [-0.05, 0) is 18.2 Å². The highest BCUT2D eigenvalue weighted by Crippen LogP contribution is 2.25. The van der Waals surface area contributed by atoms with Crippen molar-refractivity contribution in [2.75, 3.05) is 24.8 Å². The third kappa shape index (κ3) is 2.91. The molecule has 1 aromatic carbocycles. The van der Waals surface area contributed by atoms with E-state index in [0.717, 1.165) is 23.7 Å². The van der Waals surface area contributed by atoms with E-state index in [1.807, 2.05) is 37.4 Å². The number of nitrogens with two attached hydrogens (primary N) is 1. The van der Waals surface area contributed by atoms with Crippen molar-refractivity contribution in [1.82, 2.24) is 4.98 Å². The van der Waals surface area contributed by atoms with Gasteiger partial charge in [-0.2, -0.15) is 0 Å². The number of hydrogen-bond donors (Lipinski definition) is 1. The van der Waals surface area contributed by atoms with Gasteiger partial charge in [0.1, 0.15) is 5.75 Å². The summed E-state index contributed by atoms with van der Waals surface area (Å²) in [5.74, 6) is 0.762. The zero-order valence-corrected chi connectivity index (χ0v) is 10.6. The summed E-state index contributed by atoms with van der Waals surface area (Å²) >= 11 is 0. The van der Waals surface area contributed by atoms with Gasteiger partial charge in [0.15, 0.2) is 0 Å². The van der Waals surface area contributed by atoms with Crippen molar-refractivity contribution in [3.63, 3.8) is 0 Å². The van der Waals surface area contributed by atoms with Crippen LogP contribution in [0.4, 0.5) is 11.4 Å². The van der Waals surface area contributed by atoms with Crippen LogP contribution in [-0.2, 0) is 6.54 Å². The molecule has 0 unspecified atom stereocenters. The average Bonchev–Trinajstić information content (AvgIpc) is 2.39. The molecule has 0 aliphatic carbocycles. The van der Waals surface area contributed by atoms with Gasteiger partial charge < -0.3 is 15.4 Å². The molecule has 2 rings (SSSR count). The van der Waals surface area contributed by atoms with Crippen molar-refractivity contribution in [3.8, 4) is 5.75 Å². The second-order valence-corrected chi connectivity index (χ2v) is 4.14. The molecule has 2 aromatic rings. The number of benzene rings is 1. The van der Waals surface area contributed by atoms with E-state index in [2.05, 4.69) is 9.88 Å². The van der Waals surface area contributed by atoms with Gasteiger partial charge >= 0.3 is 0 Å². The highest BCUT2D eigenvalue weighted by atomic mass is 16.5. The minimum absolute atomic E-state index is 0.692. The highest BCUT2D eigenvalue weighted by molar-refractivity contribution is 5.60. The first kappa shape index (κ1) is 12.2. The number of hydrogen-bond acceptors (Lipinski definition) is 4. The summed E-state index contributed by atoms with van der Waals surface area (Å²) in [7, 11) is 3.64. The molecule has 0 saturated carbocycles. The van der Waals surface area contributed by atoms with Gasteiger partial charge in [0.2, 0.25) is 0 Å². The van der Waals surface area contributed by atoms with Gasteiger partial charge in [-0.3, -0.25) is 4.98 Å². The normalized spacial score (nSPS) is 10.1. The fourth-order valence-corrected chi connectivity index (χ4v) is 1.77. The van der Waals surface area contributed by atoms with Crippen molar-refractivity contribution in [3.05, 3.63) is 48.3 Å². The molecule has 1 heterocycles. The Labute approximate surface area is 107 Å². The minimum atomic E-state index is 0.692. The molecule has 94 valence electrons. The van der Waals surface area contributed by atoms with Crippen molar-refractivity contribution < 1.29 is 4.74 Å². The molecule has 0 bridgehead atoms. The predicted octanol–water partition coefficient (Wildman–Crippen LogP) is 2.31. The number of aromatic nitrogens is 1. The Morgan fingerprint density at radius 3 is 2.78 bits per heavy atom. The van der Waals surface area contributed by atoms with Crippen LogP contribution in [0.3, 0.4) is 0 Å². The maximum absolute atomic E-state index is 5.84. The van der Waals surface area contributed by atoms with E-state index < -0.39 is 0 Å². The summed E-state index contributed by atoms with van der Waals surface area (Å²) in [6.07, 6.45) is 1.79. The zero-order valence-electron chi connectivity index (χ0n) is 10.6. The number of pyridine rings is 1. The van der Waals surface area contributed by atoms with Crippen LogP contribution in [0.1, 0.15) is 5.69 Å². The molecular weight excluding hydrogens is 226 g/mol. The van der Waals surface area contributed by atoms with Crippen LogP contribution < -0.4 is 15.4 Å². The van der Waals surface area contributed by atoms with Crippen molar-refractivity contribution in [2.45, 2.75) is 6.54 Å². The van der Waals surface area contributed by atoms with E-state index in [0.29, 0.717) is 5.69 Å². The second kappa shape index (κ2) is 5.40. The number of ether oxygens (including phenoxy) is 1. The molecule has 0 amide bonds. The summed E-state index contributed by atoms with van der Waals surface area (Å²) < 4.78 is 5.21. The van der Waals surface area contributed by atoms with Crippen LogP contribution in [0, 0.1) is 0 Å². The van der Waals surface area contributed by atoms with Crippen LogP contribution in [0.5, 0.6) is 5.75 Å². The molecule has 0 atom stereocenters. The first-order valence-electron chi connectivity index (χ1n) is 5.74. The Balaban J connectivity index is 2.18. The third-order valence-electron chi connectivity index (χ3n) is 2.72. The van der Waals surface area contributed by atoms with Crippen LogP contribution >= 0.6 is 0 Å². The van der Waals surface area contributed by atoms with E-state index in [1.165, 1.54) is 0 Å². The monoisotopic (exact) mass is 243 g/mol. The molecule has 0 spiro atoms. The number of anilines is 2. The smallest absolute Gasteiger partial charge is 0.122 e. The standard InChI is InChI=1S/C14H17N3O/c1-17(10-12-5-3-4-6-16-12)13-7-11(15)8-14(9-13)18-2/h3-9H,10,15H2,1-2H3. The van der Waals surface area contributed by atoms with E-state index >= 15 is 0 Å². The minimum Gasteiger partial charge on any atom is -0.497 e. The van der Waals surface area contributed by atoms with Gasteiger partial charge in [0, 0.05) is 36.8 Å². The Hall–Kier alpha value is -2.23. The fraction of sp³-hybridized carbons (Fsp3) is 0.214. The van der Waals surface area contributed by atoms with Gasteiger partial charge in [-0.15, -0.1) is 0 Å². The van der Waals surface area contributed by atoms with Crippen molar-refractivity contribution in [2.24, 2.45) is 0 Å². The largest absolute Gasteiger partial charge is 0.497 e. The first-order valence-corrected chi connectivity index (χ1v) is 5.74. The Morgan fingerprint density at radius 2 is 2.11 bits per heavy atom. The van der Waals surface area contributed by atoms with Crippen LogP contribution in [-0.4, -0.2) is 19.1 Å². The lowest BCUT2D eigenvalue weighted by molar-refractivity contribution is 0.415. The quantitative estimate of drug-likeness (QED) is 0.837. The van der Waals surface area contributed by atoms with Gasteiger partial charge in [0.05, 0.1) is 19.3 Å². The van der Waals surface area contributed by atoms with Crippen LogP contribution in [0.25, 0.3) is 0 Å². The van der Waals surface area contributed by atoms with Gasteiger partial charge in [-0.1, -0.05) is 6.07 Å². The van der Waals surface area contributed by atoms with Crippen molar-refractivity contribution in [1.29, 1.82) is 0 Å². The van der Waals surface area contributed by atoms with E-state index in [-0.39, 0.29) is 0 Å². The lowest BCUT2D eigenvalue weighted by Crippen LogP contribution is -2.17. The summed E-state index contributed by atoms with van der Waals surface area (Å²) in [5.41, 5.74) is 8.56. The molecule has 2 N–H and O–H groups in total. The molecule has 0 radical (unpaired) electrons. The lowest BCUT2D eigenvalue weighted by atomic mass is 10.2. The summed E-state index contributed by atoms with van der Waals surface area (Å²) in [6.45, 7) is 0.730. The molecule has 1 aromatic heterocycles. The van der Waals surface area contributed by atoms with Crippen LogP contribution in [0.2, 0.25) is 0 Å². The third-order valence-corrected chi connectivity index (χ3v) is 2.72. The van der Waals surface area contributed by atoms with Gasteiger partial charge in [-0.25, -0.2) is 0 Å². The lowest BCUT2D eigenvalue weighted by Gasteiger charge is -2.20. The zero-order chi connectivity index (χ0) is 13.0. The number of methoxy groups -OCH3 is 1. The summed E-state index contributed by atoms with van der Waals surface area (Å²) in [4.78, 5) is 6.39. The first-order chi connectivity index (χ1) is 8.69. The molecule has 4 heteroatoms. The molecule has 4 nitrogen and oxygen atoms in total. The van der Waals surface area contributed by atoms with E-state index in [1.54, 1.807) is 19.4 Å². The molecule has 18 heavy (non-hydrogen) atoms. The van der Waals surface area contributed by atoms with E-state index in [9.17, 15) is 0 Å². The number of nitrogen functional groups attached to an aromatic ring is 1. The molecule has 0 aliphatic rings. The molecule has 0 aliphatic heterocycles. The summed E-state index contributed by atoms with van der Waals surface area (Å²) in [5, 5.41) is 0. The Kier molecular flexibility index (Phi) is 3.67. The maximum Gasteiger partial charge on any atom is 0.122 e. The Bertz CT molecular complexity index is 514. The van der Waals surface area contributed by atoms with Gasteiger partial charge in [0.25, 0.3) is 0 Å². The predicted molar refractivity (Wildman–Crippen MR) is 73.8 cm³/mol. The topological polar surface area (TPSA) is 51.4 Å². The molecular formula is C14H17N3O. The summed E-state index contributed by atoms with van der Waals surface area (Å²) in [6, 6.07) is 11.6. The van der Waals surface area contributed by atoms with Crippen LogP contribution in [0.15, 0.2) is 42.6 Å².